The lowest BCUT2D eigenvalue weighted by Crippen LogP contribution is -2.15. The summed E-state index contributed by atoms with van der Waals surface area (Å²) in [6, 6.07) is 24.8. The third-order valence-corrected chi connectivity index (χ3v) is 9.55. The van der Waals surface area contributed by atoms with Gasteiger partial charge in [0, 0.05) is 14.7 Å². The van der Waals surface area contributed by atoms with Gasteiger partial charge in [-0.15, -0.1) is 0 Å². The van der Waals surface area contributed by atoms with Crippen LogP contribution in [0.1, 0.15) is 79.0 Å². The van der Waals surface area contributed by atoms with E-state index in [9.17, 15) is 9.90 Å². The van der Waals surface area contributed by atoms with E-state index in [2.05, 4.69) is 98.7 Å². The molecule has 0 radical (unpaired) electrons. The number of carboxylic acid groups (broad SMARTS) is 1. The predicted molar refractivity (Wildman–Crippen MR) is 147 cm³/mol. The molecule has 0 bridgehead atoms. The van der Waals surface area contributed by atoms with Crippen LogP contribution in [0.4, 0.5) is 4.79 Å². The molecule has 35 heavy (non-hydrogen) atoms. The number of hydrogen-bond donors (Lipinski definition) is 1. The molecule has 3 aromatic rings. The van der Waals surface area contributed by atoms with Gasteiger partial charge < -0.3 is 9.29 Å². The Hall–Kier alpha value is -2.72. The van der Waals surface area contributed by atoms with Gasteiger partial charge in [0.15, 0.2) is 0 Å². The molecule has 0 aromatic heterocycles. The molecule has 3 rings (SSSR count). The molecule has 0 aliphatic carbocycles. The van der Waals surface area contributed by atoms with Crippen LogP contribution in [0.15, 0.2) is 87.5 Å². The Kier molecular flexibility index (Phi) is 7.21. The van der Waals surface area contributed by atoms with Crippen LogP contribution in [0.2, 0.25) is 0 Å². The van der Waals surface area contributed by atoms with E-state index in [1.54, 1.807) is 0 Å². The van der Waals surface area contributed by atoms with Crippen molar-refractivity contribution < 1.29 is 14.1 Å². The average Bonchev–Trinajstić information content (AvgIpc) is 2.76. The van der Waals surface area contributed by atoms with Crippen molar-refractivity contribution in [2.75, 3.05) is 0 Å². The first-order valence-corrected chi connectivity index (χ1v) is 13.7. The van der Waals surface area contributed by atoms with E-state index in [1.807, 2.05) is 36.4 Å². The summed E-state index contributed by atoms with van der Waals surface area (Å²) in [7, 11) is -2.52. The monoisotopic (exact) mass is 492 g/mol. The molecule has 0 aliphatic heterocycles. The molecule has 0 unspecified atom stereocenters. The third kappa shape index (κ3) is 5.75. The lowest BCUT2D eigenvalue weighted by atomic mass is 9.87. The van der Waals surface area contributed by atoms with Gasteiger partial charge in [-0.2, -0.15) is 0 Å². The van der Waals surface area contributed by atoms with Crippen molar-refractivity contribution in [2.45, 2.75) is 93.2 Å². The maximum Gasteiger partial charge on any atom is 0.517 e. The fourth-order valence-electron chi connectivity index (χ4n) is 4.10. The Balaban J connectivity index is 2.31. The molecule has 3 nitrogen and oxygen atoms in total. The van der Waals surface area contributed by atoms with Crippen molar-refractivity contribution in [3.8, 4) is 0 Å². The summed E-state index contributed by atoms with van der Waals surface area (Å²) >= 11 is 0. The second-order valence-corrected chi connectivity index (χ2v) is 14.9. The van der Waals surface area contributed by atoms with Crippen LogP contribution in [-0.2, 0) is 20.4 Å². The lowest BCUT2D eigenvalue weighted by Gasteiger charge is -2.39. The smallest absolute Gasteiger partial charge is 0.449 e. The Labute approximate surface area is 213 Å². The Morgan fingerprint density at radius 1 is 0.543 bits per heavy atom. The largest absolute Gasteiger partial charge is 0.517 e. The summed E-state index contributed by atoms with van der Waals surface area (Å²) < 4.78 is 5.97. The first kappa shape index (κ1) is 26.9. The molecule has 0 heterocycles. The molecule has 0 atom stereocenters. The number of carbonyl (C=O) groups is 1. The molecule has 0 spiro atoms. The van der Waals surface area contributed by atoms with Crippen LogP contribution >= 0.6 is 10.3 Å². The minimum Gasteiger partial charge on any atom is -0.449 e. The first-order chi connectivity index (χ1) is 16.0. The van der Waals surface area contributed by atoms with Crippen molar-refractivity contribution in [2.24, 2.45) is 0 Å². The molecule has 0 amide bonds. The molecular formula is C31H40O3S. The predicted octanol–water partition coefficient (Wildman–Crippen LogP) is 9.47. The van der Waals surface area contributed by atoms with Gasteiger partial charge in [0.2, 0.25) is 0 Å². The van der Waals surface area contributed by atoms with Crippen LogP contribution in [0.3, 0.4) is 0 Å². The Morgan fingerprint density at radius 2 is 0.771 bits per heavy atom. The van der Waals surface area contributed by atoms with Crippen LogP contribution in [0, 0.1) is 0 Å². The summed E-state index contributed by atoms with van der Waals surface area (Å²) in [6.07, 6.45) is -1.28. The van der Waals surface area contributed by atoms with Gasteiger partial charge in [-0.25, -0.2) is 4.79 Å². The highest BCUT2D eigenvalue weighted by molar-refractivity contribution is 8.30. The maximum atomic E-state index is 12.2. The van der Waals surface area contributed by atoms with E-state index in [0.29, 0.717) is 0 Å². The zero-order valence-corrected chi connectivity index (χ0v) is 23.4. The van der Waals surface area contributed by atoms with Gasteiger partial charge in [-0.05, 0) is 79.6 Å². The standard InChI is InChI=1S/C31H40O3S/c1-29(2,3)22-10-16-25(17-11-22)35(34-28(32)33,26-18-12-23(13-19-26)30(4,5)6)27-20-14-24(15-21-27)31(7,8)9/h10-21H,1-9H3,(H,32,33). The van der Waals surface area contributed by atoms with Gasteiger partial charge in [0.25, 0.3) is 0 Å². The molecule has 1 N–H and O–H groups in total. The van der Waals surface area contributed by atoms with Crippen LogP contribution in [0.25, 0.3) is 0 Å². The Morgan fingerprint density at radius 3 is 0.943 bits per heavy atom. The van der Waals surface area contributed by atoms with Gasteiger partial charge >= 0.3 is 6.16 Å². The lowest BCUT2D eigenvalue weighted by molar-refractivity contribution is 0.150. The van der Waals surface area contributed by atoms with Gasteiger partial charge in [0.05, 0.1) is 0 Å². The zero-order chi connectivity index (χ0) is 26.2. The second kappa shape index (κ2) is 9.39. The van der Waals surface area contributed by atoms with E-state index >= 15 is 0 Å². The van der Waals surface area contributed by atoms with E-state index in [0.717, 1.165) is 14.7 Å². The quantitative estimate of drug-likeness (QED) is 0.394. The van der Waals surface area contributed by atoms with E-state index in [4.69, 9.17) is 4.18 Å². The summed E-state index contributed by atoms with van der Waals surface area (Å²) in [6.45, 7) is 19.6. The average molecular weight is 493 g/mol. The Bertz CT molecular complexity index is 1020. The summed E-state index contributed by atoms with van der Waals surface area (Å²) in [5, 5.41) is 9.98. The summed E-state index contributed by atoms with van der Waals surface area (Å²) in [4.78, 5) is 14.8. The number of rotatable bonds is 4. The normalized spacial score (nSPS) is 13.4. The maximum absolute atomic E-state index is 12.2. The SMILES string of the molecule is CC(C)(C)c1ccc(S(OC(=O)O)(c2ccc(C(C)(C)C)cc2)c2ccc(C(C)(C)C)cc2)cc1. The van der Waals surface area contributed by atoms with Gasteiger partial charge in [0.1, 0.15) is 0 Å². The van der Waals surface area contributed by atoms with E-state index in [-0.39, 0.29) is 16.2 Å². The molecule has 4 heteroatoms. The van der Waals surface area contributed by atoms with Crippen molar-refractivity contribution in [1.82, 2.24) is 0 Å². The zero-order valence-electron chi connectivity index (χ0n) is 22.6. The molecule has 0 saturated carbocycles. The molecule has 0 aliphatic rings. The van der Waals surface area contributed by atoms with Crippen molar-refractivity contribution in [3.63, 3.8) is 0 Å². The third-order valence-electron chi connectivity index (χ3n) is 6.35. The van der Waals surface area contributed by atoms with Crippen LogP contribution in [0.5, 0.6) is 0 Å². The topological polar surface area (TPSA) is 46.5 Å². The summed E-state index contributed by atoms with van der Waals surface area (Å²) in [5.41, 5.74) is 3.55. The highest BCUT2D eigenvalue weighted by Gasteiger charge is 2.36. The van der Waals surface area contributed by atoms with E-state index < -0.39 is 16.5 Å². The van der Waals surface area contributed by atoms with Gasteiger partial charge in [-0.1, -0.05) is 98.7 Å². The molecule has 0 saturated heterocycles. The van der Waals surface area contributed by atoms with E-state index in [1.165, 1.54) is 16.7 Å². The van der Waals surface area contributed by atoms with Gasteiger partial charge in [-0.3, -0.25) is 0 Å². The second-order valence-electron chi connectivity index (χ2n) is 12.2. The number of hydrogen-bond acceptors (Lipinski definition) is 2. The summed E-state index contributed by atoms with van der Waals surface area (Å²) in [5.74, 6) is 0. The minimum atomic E-state index is -2.52. The number of benzene rings is 3. The van der Waals surface area contributed by atoms with Crippen LogP contribution in [-0.4, -0.2) is 11.3 Å². The molecule has 0 fully saturated rings. The fourth-order valence-corrected chi connectivity index (χ4v) is 6.98. The first-order valence-electron chi connectivity index (χ1n) is 12.1. The van der Waals surface area contributed by atoms with Crippen molar-refractivity contribution in [3.05, 3.63) is 89.5 Å². The molecule has 3 aromatic carbocycles. The molecular weight excluding hydrogens is 452 g/mol. The highest BCUT2D eigenvalue weighted by Crippen LogP contribution is 2.69. The van der Waals surface area contributed by atoms with Crippen molar-refractivity contribution >= 4 is 16.5 Å². The fraction of sp³-hybridized carbons (Fsp3) is 0.387. The van der Waals surface area contributed by atoms with Crippen molar-refractivity contribution in [1.29, 1.82) is 0 Å². The van der Waals surface area contributed by atoms with Crippen LogP contribution < -0.4 is 0 Å². The minimum absolute atomic E-state index is 0.00705. The molecule has 188 valence electrons. The highest BCUT2D eigenvalue weighted by atomic mass is 32.3.